The Labute approximate surface area is 147 Å². The van der Waals surface area contributed by atoms with E-state index in [1.807, 2.05) is 32.0 Å². The fourth-order valence-corrected chi connectivity index (χ4v) is 2.27. The molecule has 0 aliphatic rings. The van der Waals surface area contributed by atoms with E-state index in [1.54, 1.807) is 19.2 Å². The molecule has 0 spiro atoms. The van der Waals surface area contributed by atoms with Crippen molar-refractivity contribution in [2.75, 3.05) is 13.7 Å². The van der Waals surface area contributed by atoms with Gasteiger partial charge in [0.2, 0.25) is 0 Å². The summed E-state index contributed by atoms with van der Waals surface area (Å²) in [5, 5.41) is 6.35. The van der Waals surface area contributed by atoms with Crippen LogP contribution in [-0.2, 0) is 13.1 Å². The molecule has 1 aromatic heterocycles. The number of amides is 1. The molecule has 1 heterocycles. The first-order valence-corrected chi connectivity index (χ1v) is 8.08. The summed E-state index contributed by atoms with van der Waals surface area (Å²) in [5.74, 6) is 1.63. The Balaban J connectivity index is 1.93. The highest BCUT2D eigenvalue weighted by atomic mass is 16.5. The van der Waals surface area contributed by atoms with Gasteiger partial charge >= 0.3 is 0 Å². The smallest absolute Gasteiger partial charge is 0.284 e. The summed E-state index contributed by atoms with van der Waals surface area (Å²) in [6, 6.07) is 9.35. The lowest BCUT2D eigenvalue weighted by atomic mass is 10.1. The predicted octanol–water partition coefficient (Wildman–Crippen LogP) is 1.95. The van der Waals surface area contributed by atoms with Crippen LogP contribution in [0.25, 0.3) is 0 Å². The molecule has 0 aliphatic carbocycles. The largest absolute Gasteiger partial charge is 0.494 e. The number of hydrogen-bond donors (Lipinski definition) is 3. The molecule has 0 atom stereocenters. The lowest BCUT2D eigenvalue weighted by molar-refractivity contribution is 0.0972. The predicted molar refractivity (Wildman–Crippen MR) is 96.6 cm³/mol. The van der Waals surface area contributed by atoms with Crippen LogP contribution in [0, 0.1) is 6.92 Å². The van der Waals surface area contributed by atoms with Crippen LogP contribution in [0.15, 0.2) is 39.7 Å². The average Bonchev–Trinajstić information content (AvgIpc) is 3.06. The number of aliphatic imine (C=N–C) groups is 1. The number of hydrogen-bond acceptors (Lipinski definition) is 4. The van der Waals surface area contributed by atoms with Gasteiger partial charge in [0.1, 0.15) is 11.5 Å². The van der Waals surface area contributed by atoms with Crippen LogP contribution in [0.4, 0.5) is 0 Å². The number of aryl methyl sites for hydroxylation is 1. The number of guanidine groups is 1. The van der Waals surface area contributed by atoms with Crippen molar-refractivity contribution < 1.29 is 13.9 Å². The Hall–Kier alpha value is -2.96. The second-order valence-electron chi connectivity index (χ2n) is 5.45. The highest BCUT2D eigenvalue weighted by Crippen LogP contribution is 2.20. The first-order valence-electron chi connectivity index (χ1n) is 8.08. The van der Waals surface area contributed by atoms with Gasteiger partial charge in [0.15, 0.2) is 11.7 Å². The Morgan fingerprint density at radius 3 is 2.64 bits per heavy atom. The Kier molecular flexibility index (Phi) is 6.45. The zero-order chi connectivity index (χ0) is 18.2. The van der Waals surface area contributed by atoms with Gasteiger partial charge in [-0.25, -0.2) is 0 Å². The quantitative estimate of drug-likeness (QED) is 0.526. The van der Waals surface area contributed by atoms with Gasteiger partial charge in [-0.2, -0.15) is 0 Å². The van der Waals surface area contributed by atoms with Gasteiger partial charge in [-0.3, -0.25) is 9.79 Å². The molecule has 7 heteroatoms. The number of carbonyl (C=O) groups is 1. The molecule has 0 bridgehead atoms. The molecule has 4 N–H and O–H groups in total. The molecule has 134 valence electrons. The van der Waals surface area contributed by atoms with Gasteiger partial charge < -0.3 is 25.5 Å². The molecule has 0 aliphatic heterocycles. The molecule has 1 amide bonds. The number of benzene rings is 1. The molecule has 7 nitrogen and oxygen atoms in total. The summed E-state index contributed by atoms with van der Waals surface area (Å²) >= 11 is 0. The standard InChI is InChI=1S/C18H24N4O3/c1-4-24-16-9-12(2)5-6-13(16)10-21-18(20-3)22-11-14-7-8-15(25-14)17(19)23/h5-9H,4,10-11H2,1-3H3,(H2,19,23)(H2,20,21,22). The second-order valence-corrected chi connectivity index (χ2v) is 5.45. The molecule has 2 aromatic rings. The van der Waals surface area contributed by atoms with Crippen LogP contribution in [0.1, 0.15) is 34.4 Å². The molecule has 1 aromatic carbocycles. The molecule has 0 saturated carbocycles. The molecule has 0 fully saturated rings. The van der Waals surface area contributed by atoms with E-state index < -0.39 is 5.91 Å². The van der Waals surface area contributed by atoms with Gasteiger partial charge in [0.05, 0.1) is 13.2 Å². The van der Waals surface area contributed by atoms with Crippen LogP contribution >= 0.6 is 0 Å². The van der Waals surface area contributed by atoms with E-state index >= 15 is 0 Å². The van der Waals surface area contributed by atoms with Crippen molar-refractivity contribution in [3.8, 4) is 5.75 Å². The van der Waals surface area contributed by atoms with Gasteiger partial charge in [-0.05, 0) is 37.6 Å². The van der Waals surface area contributed by atoms with E-state index in [1.165, 1.54) is 0 Å². The van der Waals surface area contributed by atoms with Crippen molar-refractivity contribution in [2.45, 2.75) is 26.9 Å². The van der Waals surface area contributed by atoms with Crippen molar-refractivity contribution in [3.05, 3.63) is 53.0 Å². The third-order valence-corrected chi connectivity index (χ3v) is 3.53. The number of ether oxygens (including phenoxy) is 1. The van der Waals surface area contributed by atoms with Crippen LogP contribution in [0.3, 0.4) is 0 Å². The summed E-state index contributed by atoms with van der Waals surface area (Å²) in [5.41, 5.74) is 7.37. The van der Waals surface area contributed by atoms with E-state index in [-0.39, 0.29) is 5.76 Å². The van der Waals surface area contributed by atoms with Crippen LogP contribution in [0.5, 0.6) is 5.75 Å². The SMILES string of the molecule is CCOc1cc(C)ccc1CNC(=NC)NCc1ccc(C(N)=O)o1. The Morgan fingerprint density at radius 2 is 2.00 bits per heavy atom. The van der Waals surface area contributed by atoms with Gasteiger partial charge in [0, 0.05) is 19.2 Å². The lowest BCUT2D eigenvalue weighted by Gasteiger charge is -2.14. The summed E-state index contributed by atoms with van der Waals surface area (Å²) < 4.78 is 11.0. The number of nitrogens with one attached hydrogen (secondary N) is 2. The molecule has 0 radical (unpaired) electrons. The normalized spacial score (nSPS) is 11.2. The minimum atomic E-state index is -0.586. The topological polar surface area (TPSA) is 102 Å². The van der Waals surface area contributed by atoms with Crippen molar-refractivity contribution in [2.24, 2.45) is 10.7 Å². The first kappa shape index (κ1) is 18.4. The minimum Gasteiger partial charge on any atom is -0.494 e. The number of primary amides is 1. The molecule has 2 rings (SSSR count). The highest BCUT2D eigenvalue weighted by molar-refractivity contribution is 5.89. The number of furan rings is 1. The van der Waals surface area contributed by atoms with Crippen LogP contribution in [-0.4, -0.2) is 25.5 Å². The van der Waals surface area contributed by atoms with Gasteiger partial charge in [0.25, 0.3) is 5.91 Å². The lowest BCUT2D eigenvalue weighted by Crippen LogP contribution is -2.36. The number of nitrogens with two attached hydrogens (primary N) is 1. The maximum absolute atomic E-state index is 11.0. The summed E-state index contributed by atoms with van der Waals surface area (Å²) in [4.78, 5) is 15.2. The zero-order valence-corrected chi connectivity index (χ0v) is 14.8. The Bertz CT molecular complexity index is 753. The fraction of sp³-hybridized carbons (Fsp3) is 0.333. The van der Waals surface area contributed by atoms with Gasteiger partial charge in [-0.1, -0.05) is 12.1 Å². The van der Waals surface area contributed by atoms with Crippen molar-refractivity contribution in [1.82, 2.24) is 10.6 Å². The van der Waals surface area contributed by atoms with Gasteiger partial charge in [-0.15, -0.1) is 0 Å². The summed E-state index contributed by atoms with van der Waals surface area (Å²) in [7, 11) is 1.69. The fourth-order valence-electron chi connectivity index (χ4n) is 2.27. The van der Waals surface area contributed by atoms with Crippen molar-refractivity contribution >= 4 is 11.9 Å². The third-order valence-electron chi connectivity index (χ3n) is 3.53. The molecular formula is C18H24N4O3. The van der Waals surface area contributed by atoms with E-state index in [0.717, 1.165) is 16.9 Å². The molecular weight excluding hydrogens is 320 g/mol. The maximum atomic E-state index is 11.0. The molecule has 0 unspecified atom stereocenters. The highest BCUT2D eigenvalue weighted by Gasteiger charge is 2.08. The van der Waals surface area contributed by atoms with Crippen LogP contribution in [0.2, 0.25) is 0 Å². The average molecular weight is 344 g/mol. The zero-order valence-electron chi connectivity index (χ0n) is 14.8. The van der Waals surface area contributed by atoms with E-state index in [2.05, 4.69) is 15.6 Å². The van der Waals surface area contributed by atoms with E-state index in [0.29, 0.717) is 31.4 Å². The molecule has 0 saturated heterocycles. The number of rotatable bonds is 7. The number of carbonyl (C=O) groups excluding carboxylic acids is 1. The monoisotopic (exact) mass is 344 g/mol. The van der Waals surface area contributed by atoms with Crippen molar-refractivity contribution in [3.63, 3.8) is 0 Å². The second kappa shape index (κ2) is 8.77. The summed E-state index contributed by atoms with van der Waals surface area (Å²) in [6.45, 7) is 5.57. The van der Waals surface area contributed by atoms with E-state index in [4.69, 9.17) is 14.9 Å². The number of nitrogens with zero attached hydrogens (tertiary/aromatic N) is 1. The third kappa shape index (κ3) is 5.27. The first-order chi connectivity index (χ1) is 12.0. The minimum absolute atomic E-state index is 0.140. The van der Waals surface area contributed by atoms with E-state index in [9.17, 15) is 4.79 Å². The Morgan fingerprint density at radius 1 is 1.24 bits per heavy atom. The maximum Gasteiger partial charge on any atom is 0.284 e. The van der Waals surface area contributed by atoms with Crippen molar-refractivity contribution in [1.29, 1.82) is 0 Å². The van der Waals surface area contributed by atoms with Crippen LogP contribution < -0.4 is 21.1 Å². The summed E-state index contributed by atoms with van der Waals surface area (Å²) in [6.07, 6.45) is 0. The molecule has 25 heavy (non-hydrogen) atoms.